The lowest BCUT2D eigenvalue weighted by atomic mass is 10.0. The number of hydrogen-bond donors (Lipinski definition) is 1. The number of aromatic nitrogens is 1. The Balaban J connectivity index is 1.87. The molecular weight excluding hydrogens is 265 g/mol. The van der Waals surface area contributed by atoms with Gasteiger partial charge in [-0.25, -0.2) is 4.39 Å². The minimum atomic E-state index is -0.209. The average molecular weight is 285 g/mol. The van der Waals surface area contributed by atoms with Crippen LogP contribution < -0.4 is 5.73 Å². The third-order valence-corrected chi connectivity index (χ3v) is 4.24. The van der Waals surface area contributed by atoms with Gasteiger partial charge < -0.3 is 5.73 Å². The van der Waals surface area contributed by atoms with Gasteiger partial charge in [0.15, 0.2) is 0 Å². The van der Waals surface area contributed by atoms with E-state index < -0.39 is 0 Å². The van der Waals surface area contributed by atoms with Crippen LogP contribution in [0.1, 0.15) is 36.1 Å². The van der Waals surface area contributed by atoms with Gasteiger partial charge in [0.25, 0.3) is 0 Å². The van der Waals surface area contributed by atoms with Gasteiger partial charge in [0, 0.05) is 31.0 Å². The molecule has 1 aliphatic heterocycles. The van der Waals surface area contributed by atoms with Gasteiger partial charge in [0.2, 0.25) is 0 Å². The van der Waals surface area contributed by atoms with Crippen LogP contribution in [-0.4, -0.2) is 23.0 Å². The predicted octanol–water partition coefficient (Wildman–Crippen LogP) is 3.06. The molecule has 3 rings (SSSR count). The Kier molecular flexibility index (Phi) is 4.27. The number of rotatable bonds is 4. The predicted molar refractivity (Wildman–Crippen MR) is 81.1 cm³/mol. The second-order valence-corrected chi connectivity index (χ2v) is 5.49. The summed E-state index contributed by atoms with van der Waals surface area (Å²) < 4.78 is 13.1. The Hall–Kier alpha value is -1.78. The van der Waals surface area contributed by atoms with E-state index in [1.54, 1.807) is 6.20 Å². The highest BCUT2D eigenvalue weighted by molar-refractivity contribution is 5.23. The molecule has 1 aliphatic rings. The van der Waals surface area contributed by atoms with Crippen molar-refractivity contribution in [2.75, 3.05) is 13.1 Å². The fourth-order valence-electron chi connectivity index (χ4n) is 3.24. The number of nitrogens with zero attached hydrogens (tertiary/aromatic N) is 2. The summed E-state index contributed by atoms with van der Waals surface area (Å²) in [5.41, 5.74) is 8.32. The van der Waals surface area contributed by atoms with Crippen LogP contribution >= 0.6 is 0 Å². The quantitative estimate of drug-likeness (QED) is 0.938. The van der Waals surface area contributed by atoms with Gasteiger partial charge in [-0.3, -0.25) is 9.88 Å². The third-order valence-electron chi connectivity index (χ3n) is 4.24. The number of pyridine rings is 1. The molecule has 0 spiro atoms. The van der Waals surface area contributed by atoms with Gasteiger partial charge in [0.1, 0.15) is 5.82 Å². The Morgan fingerprint density at radius 3 is 2.76 bits per heavy atom. The number of likely N-dealkylation sites (tertiary alicyclic amines) is 1. The van der Waals surface area contributed by atoms with Crippen molar-refractivity contribution < 1.29 is 4.39 Å². The van der Waals surface area contributed by atoms with Crippen LogP contribution in [0.5, 0.6) is 0 Å². The highest BCUT2D eigenvalue weighted by Crippen LogP contribution is 2.37. The van der Waals surface area contributed by atoms with Gasteiger partial charge in [-0.2, -0.15) is 0 Å². The van der Waals surface area contributed by atoms with Crippen molar-refractivity contribution in [1.29, 1.82) is 0 Å². The first-order chi connectivity index (χ1) is 10.3. The topological polar surface area (TPSA) is 42.1 Å². The molecule has 1 saturated heterocycles. The molecule has 1 fully saturated rings. The smallest absolute Gasteiger partial charge is 0.123 e. The van der Waals surface area contributed by atoms with E-state index in [-0.39, 0.29) is 11.9 Å². The van der Waals surface area contributed by atoms with Gasteiger partial charge in [-0.15, -0.1) is 0 Å². The highest BCUT2D eigenvalue weighted by atomic mass is 19.1. The molecule has 4 heteroatoms. The lowest BCUT2D eigenvalue weighted by molar-refractivity contribution is 0.185. The summed E-state index contributed by atoms with van der Waals surface area (Å²) in [5, 5.41) is 0. The Morgan fingerprint density at radius 1 is 1.29 bits per heavy atom. The first-order valence-electron chi connectivity index (χ1n) is 7.41. The fraction of sp³-hybridized carbons (Fsp3) is 0.353. The van der Waals surface area contributed by atoms with Crippen molar-refractivity contribution in [3.63, 3.8) is 0 Å². The number of halogens is 1. The molecule has 1 aromatic carbocycles. The number of nitrogens with two attached hydrogens (primary N) is 1. The van der Waals surface area contributed by atoms with Gasteiger partial charge in [-0.1, -0.05) is 18.2 Å². The van der Waals surface area contributed by atoms with E-state index in [0.29, 0.717) is 12.6 Å². The molecule has 2 unspecified atom stereocenters. The molecule has 0 amide bonds. The van der Waals surface area contributed by atoms with Gasteiger partial charge >= 0.3 is 0 Å². The summed E-state index contributed by atoms with van der Waals surface area (Å²) in [7, 11) is 0. The summed E-state index contributed by atoms with van der Waals surface area (Å²) >= 11 is 0. The minimum absolute atomic E-state index is 0.123. The average Bonchev–Trinajstić information content (AvgIpc) is 3.00. The fourth-order valence-corrected chi connectivity index (χ4v) is 3.24. The van der Waals surface area contributed by atoms with E-state index in [4.69, 9.17) is 5.73 Å². The van der Waals surface area contributed by atoms with Gasteiger partial charge in [0.05, 0.1) is 0 Å². The molecule has 21 heavy (non-hydrogen) atoms. The maximum Gasteiger partial charge on any atom is 0.123 e. The monoisotopic (exact) mass is 285 g/mol. The zero-order chi connectivity index (χ0) is 14.7. The van der Waals surface area contributed by atoms with Crippen molar-refractivity contribution in [3.8, 4) is 0 Å². The Labute approximate surface area is 124 Å². The summed E-state index contributed by atoms with van der Waals surface area (Å²) in [6.45, 7) is 1.54. The lowest BCUT2D eigenvalue weighted by Crippen LogP contribution is -2.33. The first-order valence-corrected chi connectivity index (χ1v) is 7.41. The van der Waals surface area contributed by atoms with E-state index in [1.165, 1.54) is 17.7 Å². The molecule has 0 aliphatic carbocycles. The van der Waals surface area contributed by atoms with Crippen molar-refractivity contribution >= 4 is 0 Å². The minimum Gasteiger partial charge on any atom is -0.329 e. The van der Waals surface area contributed by atoms with Crippen molar-refractivity contribution in [2.45, 2.75) is 24.9 Å². The molecule has 0 bridgehead atoms. The molecule has 110 valence electrons. The molecule has 2 aromatic rings. The van der Waals surface area contributed by atoms with E-state index in [0.717, 1.165) is 24.9 Å². The van der Waals surface area contributed by atoms with Crippen molar-refractivity contribution in [3.05, 3.63) is 65.7 Å². The number of benzene rings is 1. The van der Waals surface area contributed by atoms with Gasteiger partial charge in [-0.05, 0) is 48.7 Å². The molecule has 2 atom stereocenters. The van der Waals surface area contributed by atoms with E-state index in [9.17, 15) is 4.39 Å². The third kappa shape index (κ3) is 2.96. The number of hydrogen-bond acceptors (Lipinski definition) is 3. The molecule has 2 heterocycles. The Bertz CT molecular complexity index is 570. The summed E-state index contributed by atoms with van der Waals surface area (Å²) in [5.74, 6) is -0.209. The van der Waals surface area contributed by atoms with Crippen LogP contribution in [0.4, 0.5) is 4.39 Å². The summed E-state index contributed by atoms with van der Waals surface area (Å²) in [4.78, 5) is 6.65. The van der Waals surface area contributed by atoms with Crippen molar-refractivity contribution in [1.82, 2.24) is 9.88 Å². The molecule has 0 saturated carbocycles. The van der Waals surface area contributed by atoms with Crippen LogP contribution in [0.2, 0.25) is 0 Å². The van der Waals surface area contributed by atoms with E-state index >= 15 is 0 Å². The SMILES string of the molecule is NCC(c1ccc(F)cc1)N1CCCC1c1cccnc1. The largest absolute Gasteiger partial charge is 0.329 e. The molecule has 1 aromatic heterocycles. The van der Waals surface area contributed by atoms with Crippen LogP contribution in [0.25, 0.3) is 0 Å². The van der Waals surface area contributed by atoms with Crippen LogP contribution in [0.3, 0.4) is 0 Å². The summed E-state index contributed by atoms with van der Waals surface area (Å²) in [6.07, 6.45) is 5.99. The van der Waals surface area contributed by atoms with Crippen LogP contribution in [-0.2, 0) is 0 Å². The Morgan fingerprint density at radius 2 is 2.10 bits per heavy atom. The van der Waals surface area contributed by atoms with E-state index in [1.807, 2.05) is 24.4 Å². The highest BCUT2D eigenvalue weighted by Gasteiger charge is 2.31. The zero-order valence-electron chi connectivity index (χ0n) is 12.0. The van der Waals surface area contributed by atoms with Crippen LogP contribution in [0, 0.1) is 5.82 Å². The molecule has 2 N–H and O–H groups in total. The maximum atomic E-state index is 13.1. The molecule has 0 radical (unpaired) electrons. The van der Waals surface area contributed by atoms with E-state index in [2.05, 4.69) is 16.0 Å². The molecule has 3 nitrogen and oxygen atoms in total. The summed E-state index contributed by atoms with van der Waals surface area (Å²) in [6, 6.07) is 11.3. The maximum absolute atomic E-state index is 13.1. The van der Waals surface area contributed by atoms with Crippen molar-refractivity contribution in [2.24, 2.45) is 5.73 Å². The first kappa shape index (κ1) is 14.2. The second-order valence-electron chi connectivity index (χ2n) is 5.49. The van der Waals surface area contributed by atoms with Crippen LogP contribution in [0.15, 0.2) is 48.8 Å². The normalized spacial score (nSPS) is 20.6. The molecular formula is C17H20FN3. The second kappa shape index (κ2) is 6.33. The zero-order valence-corrected chi connectivity index (χ0v) is 12.0. The lowest BCUT2D eigenvalue weighted by Gasteiger charge is -2.32. The standard InChI is InChI=1S/C17H20FN3/c18-15-7-5-13(6-8-15)17(11-19)21-10-2-4-16(21)14-3-1-9-20-12-14/h1,3,5-9,12,16-17H,2,4,10-11,19H2.